The van der Waals surface area contributed by atoms with E-state index < -0.39 is 42.0 Å². The zero-order valence-corrected chi connectivity index (χ0v) is 16.1. The summed E-state index contributed by atoms with van der Waals surface area (Å²) in [7, 11) is 0. The van der Waals surface area contributed by atoms with Gasteiger partial charge in [-0.25, -0.2) is 4.79 Å². The highest BCUT2D eigenvalue weighted by Crippen LogP contribution is 2.28. The van der Waals surface area contributed by atoms with Crippen molar-refractivity contribution < 1.29 is 28.4 Å². The Morgan fingerprint density at radius 2 is 2.00 bits per heavy atom. The van der Waals surface area contributed by atoms with Crippen molar-refractivity contribution in [3.05, 3.63) is 47.7 Å². The molecule has 2 heterocycles. The van der Waals surface area contributed by atoms with Crippen LogP contribution in [0.4, 0.5) is 10.6 Å². The lowest BCUT2D eigenvalue weighted by Gasteiger charge is -2.22. The number of benzene rings is 1. The molecule has 1 aromatic heterocycles. The molecule has 0 radical (unpaired) electrons. The number of nitrogens with zero attached hydrogens (tertiary/aromatic N) is 2. The Labute approximate surface area is 166 Å². The number of nitrogens with one attached hydrogen (secondary N) is 2. The number of carbonyl (C=O) groups is 4. The summed E-state index contributed by atoms with van der Waals surface area (Å²) in [5.41, 5.74) is -0.697. The molecule has 1 fully saturated rings. The molecule has 3 rings (SSSR count). The van der Waals surface area contributed by atoms with Crippen LogP contribution in [0.25, 0.3) is 0 Å². The smallest absolute Gasteiger partial charge is 0.327 e. The van der Waals surface area contributed by atoms with Gasteiger partial charge in [-0.1, -0.05) is 35.5 Å². The molecule has 10 heteroatoms. The quantitative estimate of drug-likeness (QED) is 0.552. The highest BCUT2D eigenvalue weighted by atomic mass is 16.5. The highest BCUT2D eigenvalue weighted by molar-refractivity contribution is 6.09. The van der Waals surface area contributed by atoms with E-state index in [2.05, 4.69) is 15.8 Å². The van der Waals surface area contributed by atoms with Gasteiger partial charge in [-0.05, 0) is 26.3 Å². The van der Waals surface area contributed by atoms with Gasteiger partial charge in [0.2, 0.25) is 0 Å². The maximum Gasteiger partial charge on any atom is 0.327 e. The number of anilines is 1. The number of ether oxygens (including phenoxy) is 1. The van der Waals surface area contributed by atoms with Crippen molar-refractivity contribution in [1.82, 2.24) is 15.4 Å². The largest absolute Gasteiger partial charge is 0.451 e. The normalized spacial score (nSPS) is 19.6. The number of amides is 4. The lowest BCUT2D eigenvalue weighted by molar-refractivity contribution is -0.155. The first-order valence-corrected chi connectivity index (χ1v) is 8.84. The second-order valence-electron chi connectivity index (χ2n) is 6.76. The van der Waals surface area contributed by atoms with Crippen molar-refractivity contribution in [2.75, 3.05) is 11.9 Å². The molecule has 1 aromatic carbocycles. The van der Waals surface area contributed by atoms with Gasteiger partial charge in [-0.2, -0.15) is 0 Å². The molecule has 0 aliphatic carbocycles. The number of carbonyl (C=O) groups excluding carboxylic acids is 4. The maximum absolute atomic E-state index is 12.8. The minimum Gasteiger partial charge on any atom is -0.451 e. The number of aryl methyl sites for hydroxylation is 1. The van der Waals surface area contributed by atoms with Gasteiger partial charge in [0.25, 0.3) is 11.8 Å². The summed E-state index contributed by atoms with van der Waals surface area (Å²) >= 11 is 0. The molecule has 0 spiro atoms. The molecule has 10 nitrogen and oxygen atoms in total. The van der Waals surface area contributed by atoms with Crippen molar-refractivity contribution in [3.8, 4) is 0 Å². The van der Waals surface area contributed by atoms with Crippen LogP contribution in [0.15, 0.2) is 40.9 Å². The lowest BCUT2D eigenvalue weighted by Crippen LogP contribution is -2.42. The minimum absolute atomic E-state index is 0.183. The van der Waals surface area contributed by atoms with Crippen LogP contribution in [0.1, 0.15) is 25.2 Å². The van der Waals surface area contributed by atoms with Gasteiger partial charge in [-0.3, -0.25) is 19.3 Å². The Hall–Kier alpha value is -3.69. The molecule has 2 N–H and O–H groups in total. The van der Waals surface area contributed by atoms with Gasteiger partial charge < -0.3 is 19.9 Å². The molecule has 1 saturated heterocycles. The monoisotopic (exact) mass is 400 g/mol. The number of hydrogen-bond acceptors (Lipinski definition) is 7. The van der Waals surface area contributed by atoms with Crippen molar-refractivity contribution in [2.45, 2.75) is 32.4 Å². The van der Waals surface area contributed by atoms with Gasteiger partial charge in [0.05, 0.1) is 0 Å². The molecule has 0 unspecified atom stereocenters. The first kappa shape index (κ1) is 20.1. The van der Waals surface area contributed by atoms with E-state index in [4.69, 9.17) is 9.26 Å². The summed E-state index contributed by atoms with van der Waals surface area (Å²) < 4.78 is 9.87. The van der Waals surface area contributed by atoms with E-state index in [1.807, 2.05) is 0 Å². The predicted octanol–water partition coefficient (Wildman–Crippen LogP) is 1.32. The number of rotatable bonds is 6. The van der Waals surface area contributed by atoms with Crippen molar-refractivity contribution in [2.24, 2.45) is 0 Å². The number of esters is 1. The summed E-state index contributed by atoms with van der Waals surface area (Å²) in [4.78, 5) is 50.1. The van der Waals surface area contributed by atoms with Crippen LogP contribution in [-0.2, 0) is 24.7 Å². The molecule has 1 aliphatic heterocycles. The molecule has 2 aromatic rings. The van der Waals surface area contributed by atoms with Crippen LogP contribution in [0.3, 0.4) is 0 Å². The van der Waals surface area contributed by atoms with Gasteiger partial charge in [0, 0.05) is 6.07 Å². The first-order chi connectivity index (χ1) is 13.7. The maximum atomic E-state index is 12.8. The van der Waals surface area contributed by atoms with Gasteiger partial charge >= 0.3 is 12.0 Å². The molecular formula is C19H20N4O6. The van der Waals surface area contributed by atoms with E-state index in [1.165, 1.54) is 13.0 Å². The Kier molecular flexibility index (Phi) is 5.35. The fraction of sp³-hybridized carbons (Fsp3) is 0.316. The zero-order chi connectivity index (χ0) is 21.2. The molecule has 152 valence electrons. The second-order valence-corrected chi connectivity index (χ2v) is 6.76. The number of hydrogen-bond donors (Lipinski definition) is 2. The fourth-order valence-corrected chi connectivity index (χ4v) is 2.88. The average molecular weight is 400 g/mol. The topological polar surface area (TPSA) is 131 Å². The standard InChI is InChI=1S/C19H20N4O6/c1-11-9-14(22-29-11)20-16(25)12(2)28-15(24)10-23-17(26)19(3,21-18(23)27)13-7-5-4-6-8-13/h4-9,12H,10H2,1-3H3,(H,21,27)(H,20,22,25)/t12-,19-/m0/s1. The van der Waals surface area contributed by atoms with Crippen molar-refractivity contribution in [1.29, 1.82) is 0 Å². The van der Waals surface area contributed by atoms with Crippen LogP contribution in [0.2, 0.25) is 0 Å². The third-order valence-electron chi connectivity index (χ3n) is 4.47. The second kappa shape index (κ2) is 7.74. The number of imide groups is 1. The third-order valence-corrected chi connectivity index (χ3v) is 4.47. The molecule has 1 aliphatic rings. The summed E-state index contributed by atoms with van der Waals surface area (Å²) in [5, 5.41) is 8.64. The predicted molar refractivity (Wildman–Crippen MR) is 99.5 cm³/mol. The van der Waals surface area contributed by atoms with E-state index in [0.717, 1.165) is 4.90 Å². The fourth-order valence-electron chi connectivity index (χ4n) is 2.88. The van der Waals surface area contributed by atoms with Crippen LogP contribution >= 0.6 is 0 Å². The van der Waals surface area contributed by atoms with E-state index in [0.29, 0.717) is 11.3 Å². The van der Waals surface area contributed by atoms with Crippen molar-refractivity contribution >= 4 is 29.6 Å². The summed E-state index contributed by atoms with van der Waals surface area (Å²) in [6.45, 7) is 3.96. The van der Waals surface area contributed by atoms with Gasteiger partial charge in [0.1, 0.15) is 17.8 Å². The number of urea groups is 1. The Bertz CT molecular complexity index is 957. The van der Waals surface area contributed by atoms with Crippen LogP contribution in [-0.4, -0.2) is 46.5 Å². The summed E-state index contributed by atoms with van der Waals surface area (Å²) in [5.74, 6) is -1.42. The van der Waals surface area contributed by atoms with Crippen LogP contribution in [0.5, 0.6) is 0 Å². The third kappa shape index (κ3) is 4.10. The molecule has 29 heavy (non-hydrogen) atoms. The van der Waals surface area contributed by atoms with Gasteiger partial charge in [0.15, 0.2) is 11.9 Å². The average Bonchev–Trinajstić information content (AvgIpc) is 3.18. The minimum atomic E-state index is -1.29. The SMILES string of the molecule is Cc1cc(NC(=O)[C@H](C)OC(=O)CN2C(=O)N[C@@](C)(c3ccccc3)C2=O)no1. The van der Waals surface area contributed by atoms with E-state index in [1.54, 1.807) is 44.2 Å². The van der Waals surface area contributed by atoms with E-state index in [-0.39, 0.29) is 5.82 Å². The Morgan fingerprint density at radius 3 is 2.62 bits per heavy atom. The van der Waals surface area contributed by atoms with E-state index >= 15 is 0 Å². The molecule has 4 amide bonds. The highest BCUT2D eigenvalue weighted by Gasteiger charge is 2.49. The molecule has 0 saturated carbocycles. The molecule has 2 atom stereocenters. The van der Waals surface area contributed by atoms with Crippen LogP contribution in [0, 0.1) is 6.92 Å². The Morgan fingerprint density at radius 1 is 1.31 bits per heavy atom. The summed E-state index contributed by atoms with van der Waals surface area (Å²) in [6.07, 6.45) is -1.17. The summed E-state index contributed by atoms with van der Waals surface area (Å²) in [6, 6.07) is 9.48. The molecular weight excluding hydrogens is 380 g/mol. The van der Waals surface area contributed by atoms with Crippen molar-refractivity contribution in [3.63, 3.8) is 0 Å². The van der Waals surface area contributed by atoms with E-state index in [9.17, 15) is 19.2 Å². The Balaban J connectivity index is 1.60. The lowest BCUT2D eigenvalue weighted by atomic mass is 9.92. The number of aromatic nitrogens is 1. The molecule has 0 bridgehead atoms. The first-order valence-electron chi connectivity index (χ1n) is 8.84. The zero-order valence-electron chi connectivity index (χ0n) is 16.1. The van der Waals surface area contributed by atoms with Gasteiger partial charge in [-0.15, -0.1) is 0 Å². The van der Waals surface area contributed by atoms with Crippen LogP contribution < -0.4 is 10.6 Å².